The highest BCUT2D eigenvalue weighted by molar-refractivity contribution is 9.10. The Bertz CT molecular complexity index is 684. The minimum atomic E-state index is -0.339. The van der Waals surface area contributed by atoms with Crippen molar-refractivity contribution in [3.8, 4) is 0 Å². The van der Waals surface area contributed by atoms with Crippen molar-refractivity contribution in [2.75, 3.05) is 0 Å². The van der Waals surface area contributed by atoms with Crippen LogP contribution in [0.3, 0.4) is 0 Å². The van der Waals surface area contributed by atoms with Crippen molar-refractivity contribution < 1.29 is 14.3 Å². The molecule has 1 aliphatic heterocycles. The molecule has 1 amide bonds. The molecule has 1 aromatic rings. The molecule has 0 saturated heterocycles. The standard InChI is InChI=1S/C17H17BrN2O3/c18-14-7-3-1-5-12(14)17(22)20-19-9-11-10-23-15-8-4-2-6-13(15)16(11)21/h1,3,5,7,9-10,13,15H,2,4,6,8H2,(H,20,22)/b19-9+. The van der Waals surface area contributed by atoms with Gasteiger partial charge in [0, 0.05) is 4.47 Å². The molecule has 2 aliphatic rings. The Morgan fingerprint density at radius 2 is 2.09 bits per heavy atom. The third-order valence-corrected chi connectivity index (χ3v) is 4.87. The summed E-state index contributed by atoms with van der Waals surface area (Å²) < 4.78 is 6.32. The fourth-order valence-electron chi connectivity index (χ4n) is 2.95. The van der Waals surface area contributed by atoms with Gasteiger partial charge in [0.25, 0.3) is 5.91 Å². The zero-order valence-corrected chi connectivity index (χ0v) is 14.1. The van der Waals surface area contributed by atoms with Crippen LogP contribution in [0, 0.1) is 5.92 Å². The molecule has 120 valence electrons. The predicted octanol–water partition coefficient (Wildman–Crippen LogP) is 3.21. The summed E-state index contributed by atoms with van der Waals surface area (Å²) in [4.78, 5) is 24.4. The van der Waals surface area contributed by atoms with Gasteiger partial charge in [-0.3, -0.25) is 9.59 Å². The van der Waals surface area contributed by atoms with Crippen LogP contribution in [0.25, 0.3) is 0 Å². The number of hydrogen-bond donors (Lipinski definition) is 1. The third-order valence-electron chi connectivity index (χ3n) is 4.18. The molecule has 23 heavy (non-hydrogen) atoms. The molecule has 1 aliphatic carbocycles. The van der Waals surface area contributed by atoms with Gasteiger partial charge in [-0.15, -0.1) is 0 Å². The number of ether oxygens (including phenoxy) is 1. The van der Waals surface area contributed by atoms with Crippen molar-refractivity contribution in [2.45, 2.75) is 31.8 Å². The zero-order chi connectivity index (χ0) is 16.2. The first-order valence-corrected chi connectivity index (χ1v) is 8.44. The van der Waals surface area contributed by atoms with E-state index >= 15 is 0 Å². The Balaban J connectivity index is 1.64. The molecule has 6 heteroatoms. The molecule has 0 bridgehead atoms. The van der Waals surface area contributed by atoms with E-state index in [1.165, 1.54) is 12.5 Å². The van der Waals surface area contributed by atoms with Crippen LogP contribution in [0.4, 0.5) is 0 Å². The van der Waals surface area contributed by atoms with Gasteiger partial charge in [-0.05, 0) is 47.3 Å². The van der Waals surface area contributed by atoms with Crippen molar-refractivity contribution in [1.29, 1.82) is 0 Å². The van der Waals surface area contributed by atoms with Gasteiger partial charge in [0.15, 0.2) is 5.78 Å². The quantitative estimate of drug-likeness (QED) is 0.650. The molecule has 2 unspecified atom stereocenters. The number of hydrazone groups is 1. The Morgan fingerprint density at radius 3 is 2.91 bits per heavy atom. The summed E-state index contributed by atoms with van der Waals surface area (Å²) in [5.41, 5.74) is 3.32. The summed E-state index contributed by atoms with van der Waals surface area (Å²) in [6.07, 6.45) is 6.77. The molecular formula is C17H17BrN2O3. The smallest absolute Gasteiger partial charge is 0.272 e. The molecule has 1 aromatic carbocycles. The summed E-state index contributed by atoms with van der Waals surface area (Å²) >= 11 is 3.31. The van der Waals surface area contributed by atoms with E-state index in [4.69, 9.17) is 4.74 Å². The van der Waals surface area contributed by atoms with Crippen LogP contribution < -0.4 is 5.43 Å². The number of benzene rings is 1. The second-order valence-electron chi connectivity index (χ2n) is 5.68. The molecule has 3 rings (SSSR count). The van der Waals surface area contributed by atoms with Crippen LogP contribution >= 0.6 is 15.9 Å². The number of halogens is 1. The Hall–Kier alpha value is -1.95. The highest BCUT2D eigenvalue weighted by atomic mass is 79.9. The lowest BCUT2D eigenvalue weighted by atomic mass is 9.80. The molecule has 0 aromatic heterocycles. The van der Waals surface area contributed by atoms with Crippen LogP contribution in [-0.2, 0) is 9.53 Å². The number of carbonyl (C=O) groups is 2. The van der Waals surface area contributed by atoms with Crippen molar-refractivity contribution in [1.82, 2.24) is 5.43 Å². The summed E-state index contributed by atoms with van der Waals surface area (Å²) in [6, 6.07) is 7.07. The molecule has 1 heterocycles. The largest absolute Gasteiger partial charge is 0.496 e. The van der Waals surface area contributed by atoms with Gasteiger partial charge in [0.05, 0.1) is 29.5 Å². The summed E-state index contributed by atoms with van der Waals surface area (Å²) in [5, 5.41) is 3.89. The number of fused-ring (bicyclic) bond motifs is 1. The molecule has 5 nitrogen and oxygen atoms in total. The van der Waals surface area contributed by atoms with E-state index in [-0.39, 0.29) is 23.7 Å². The SMILES string of the molecule is O=C(N/N=C/C1=COC2CCCCC2C1=O)c1ccccc1Br. The maximum absolute atomic E-state index is 12.4. The predicted molar refractivity (Wildman–Crippen MR) is 90.0 cm³/mol. The van der Waals surface area contributed by atoms with E-state index in [1.807, 2.05) is 6.07 Å². The van der Waals surface area contributed by atoms with E-state index in [9.17, 15) is 9.59 Å². The summed E-state index contributed by atoms with van der Waals surface area (Å²) in [5.74, 6) is -0.358. The van der Waals surface area contributed by atoms with Crippen LogP contribution in [0.2, 0.25) is 0 Å². The second-order valence-corrected chi connectivity index (χ2v) is 6.54. The molecule has 2 atom stereocenters. The number of nitrogens with zero attached hydrogens (tertiary/aromatic N) is 1. The van der Waals surface area contributed by atoms with Gasteiger partial charge in [-0.2, -0.15) is 5.10 Å². The first-order valence-electron chi connectivity index (χ1n) is 7.64. The van der Waals surface area contributed by atoms with E-state index in [2.05, 4.69) is 26.5 Å². The first kappa shape index (κ1) is 15.9. The van der Waals surface area contributed by atoms with Crippen LogP contribution in [0.1, 0.15) is 36.0 Å². The van der Waals surface area contributed by atoms with Gasteiger partial charge in [-0.25, -0.2) is 5.43 Å². The highest BCUT2D eigenvalue weighted by Gasteiger charge is 2.36. The van der Waals surface area contributed by atoms with Crippen LogP contribution in [0.15, 0.2) is 45.7 Å². The number of allylic oxidation sites excluding steroid dienone is 1. The minimum Gasteiger partial charge on any atom is -0.496 e. The van der Waals surface area contributed by atoms with Gasteiger partial charge >= 0.3 is 0 Å². The van der Waals surface area contributed by atoms with Crippen molar-refractivity contribution in [3.63, 3.8) is 0 Å². The number of Topliss-reactive ketones (excluding diaryl/α,β-unsaturated/α-hetero) is 1. The highest BCUT2D eigenvalue weighted by Crippen LogP contribution is 2.32. The topological polar surface area (TPSA) is 67.8 Å². The summed E-state index contributed by atoms with van der Waals surface area (Å²) in [6.45, 7) is 0. The van der Waals surface area contributed by atoms with E-state index < -0.39 is 0 Å². The zero-order valence-electron chi connectivity index (χ0n) is 12.5. The van der Waals surface area contributed by atoms with Gasteiger partial charge in [-0.1, -0.05) is 18.6 Å². The van der Waals surface area contributed by atoms with Gasteiger partial charge < -0.3 is 4.74 Å². The van der Waals surface area contributed by atoms with E-state index in [0.717, 1.165) is 25.7 Å². The van der Waals surface area contributed by atoms with E-state index in [1.54, 1.807) is 18.2 Å². The van der Waals surface area contributed by atoms with Crippen molar-refractivity contribution in [2.24, 2.45) is 11.0 Å². The van der Waals surface area contributed by atoms with E-state index in [0.29, 0.717) is 15.6 Å². The lowest BCUT2D eigenvalue weighted by molar-refractivity contribution is -0.126. The molecule has 1 saturated carbocycles. The average molecular weight is 377 g/mol. The monoisotopic (exact) mass is 376 g/mol. The molecule has 0 radical (unpaired) electrons. The summed E-state index contributed by atoms with van der Waals surface area (Å²) in [7, 11) is 0. The minimum absolute atomic E-state index is 0.00302. The fraction of sp³-hybridized carbons (Fsp3) is 0.353. The number of hydrogen-bond acceptors (Lipinski definition) is 4. The lowest BCUT2D eigenvalue weighted by Gasteiger charge is -2.33. The molecule has 1 N–H and O–H groups in total. The fourth-order valence-corrected chi connectivity index (χ4v) is 3.42. The maximum atomic E-state index is 12.4. The Labute approximate surface area is 142 Å². The maximum Gasteiger partial charge on any atom is 0.272 e. The number of nitrogens with one attached hydrogen (secondary N) is 1. The van der Waals surface area contributed by atoms with Crippen molar-refractivity contribution in [3.05, 3.63) is 46.1 Å². The van der Waals surface area contributed by atoms with Crippen LogP contribution in [0.5, 0.6) is 0 Å². The third kappa shape index (κ3) is 3.52. The number of carbonyl (C=O) groups excluding carboxylic acids is 2. The molecular weight excluding hydrogens is 360 g/mol. The number of amides is 1. The first-order chi connectivity index (χ1) is 11.2. The van der Waals surface area contributed by atoms with Gasteiger partial charge in [0.1, 0.15) is 6.10 Å². The molecule has 0 spiro atoms. The Kier molecular flexibility index (Phi) is 4.91. The van der Waals surface area contributed by atoms with Gasteiger partial charge in [0.2, 0.25) is 0 Å². The number of rotatable bonds is 3. The second kappa shape index (κ2) is 7.08. The van der Waals surface area contributed by atoms with Crippen molar-refractivity contribution >= 4 is 33.8 Å². The Morgan fingerprint density at radius 1 is 1.30 bits per heavy atom. The average Bonchev–Trinajstić information content (AvgIpc) is 2.57. The molecule has 1 fully saturated rings. The van der Waals surface area contributed by atoms with Crippen LogP contribution in [-0.4, -0.2) is 24.0 Å². The number of ketones is 1. The normalized spacial score (nSPS) is 23.9. The lowest BCUT2D eigenvalue weighted by Crippen LogP contribution is -2.37.